The van der Waals surface area contributed by atoms with Gasteiger partial charge >= 0.3 is 6.09 Å². The molecular weight excluding hydrogens is 312 g/mol. The number of para-hydroxylation sites is 2. The van der Waals surface area contributed by atoms with E-state index in [1.54, 1.807) is 48.5 Å². The molecule has 0 spiro atoms. The molecular formula is C17H14N2O5. The van der Waals surface area contributed by atoms with Crippen molar-refractivity contribution >= 4 is 23.6 Å². The first-order valence-electron chi connectivity index (χ1n) is 7.14. The van der Waals surface area contributed by atoms with Crippen LogP contribution in [0.4, 0.5) is 10.5 Å². The van der Waals surface area contributed by atoms with Crippen LogP contribution in [0, 0.1) is 0 Å². The summed E-state index contributed by atoms with van der Waals surface area (Å²) >= 11 is 0. The molecule has 1 N–H and O–H groups in total. The molecule has 1 aliphatic heterocycles. The fourth-order valence-corrected chi connectivity index (χ4v) is 2.37. The zero-order valence-electron chi connectivity index (χ0n) is 12.8. The highest BCUT2D eigenvalue weighted by Gasteiger charge is 2.35. The Morgan fingerprint density at radius 2 is 1.58 bits per heavy atom. The number of carbonyl (C=O) groups excluding carboxylic acids is 3. The Bertz CT molecular complexity index is 783. The average Bonchev–Trinajstić information content (AvgIpc) is 2.85. The lowest BCUT2D eigenvalue weighted by atomic mass is 10.1. The molecule has 7 nitrogen and oxygen atoms in total. The highest BCUT2D eigenvalue weighted by molar-refractivity contribution is 6.21. The number of imide groups is 1. The van der Waals surface area contributed by atoms with Gasteiger partial charge in [0.1, 0.15) is 5.75 Å². The van der Waals surface area contributed by atoms with E-state index >= 15 is 0 Å². The molecule has 1 aliphatic rings. The summed E-state index contributed by atoms with van der Waals surface area (Å²) < 4.78 is 10.1. The number of benzene rings is 2. The predicted octanol–water partition coefficient (Wildman–Crippen LogP) is 2.50. The van der Waals surface area contributed by atoms with Gasteiger partial charge in [-0.15, -0.1) is 0 Å². The standard InChI is InChI=1S/C17H14N2O5/c1-23-14-9-5-4-8-13(14)18-17(22)24-10-19-15(20)11-6-2-3-7-12(11)16(19)21/h2-9H,10H2,1H3,(H,18,22). The third kappa shape index (κ3) is 2.79. The van der Waals surface area contributed by atoms with E-state index in [9.17, 15) is 14.4 Å². The molecule has 0 fully saturated rings. The van der Waals surface area contributed by atoms with Crippen LogP contribution >= 0.6 is 0 Å². The number of rotatable bonds is 4. The van der Waals surface area contributed by atoms with Crippen molar-refractivity contribution in [3.63, 3.8) is 0 Å². The molecule has 0 aromatic heterocycles. The maximum Gasteiger partial charge on any atom is 0.413 e. The van der Waals surface area contributed by atoms with E-state index in [1.807, 2.05) is 0 Å². The van der Waals surface area contributed by atoms with Crippen LogP contribution in [0.5, 0.6) is 5.75 Å². The molecule has 7 heteroatoms. The topological polar surface area (TPSA) is 84.9 Å². The second-order valence-corrected chi connectivity index (χ2v) is 4.97. The van der Waals surface area contributed by atoms with Crippen molar-refractivity contribution in [1.82, 2.24) is 4.90 Å². The molecule has 2 aromatic carbocycles. The summed E-state index contributed by atoms with van der Waals surface area (Å²) in [6.45, 7) is -0.465. The first-order valence-corrected chi connectivity index (χ1v) is 7.14. The molecule has 0 aliphatic carbocycles. The van der Waals surface area contributed by atoms with Crippen molar-refractivity contribution in [3.05, 3.63) is 59.7 Å². The Kier molecular flexibility index (Phi) is 4.15. The van der Waals surface area contributed by atoms with Crippen LogP contribution in [0.25, 0.3) is 0 Å². The molecule has 0 radical (unpaired) electrons. The van der Waals surface area contributed by atoms with E-state index in [1.165, 1.54) is 7.11 Å². The molecule has 24 heavy (non-hydrogen) atoms. The summed E-state index contributed by atoms with van der Waals surface area (Å²) in [5.74, 6) is -0.503. The number of carbonyl (C=O) groups is 3. The van der Waals surface area contributed by atoms with Gasteiger partial charge in [-0.25, -0.2) is 9.69 Å². The second-order valence-electron chi connectivity index (χ2n) is 4.97. The molecule has 0 unspecified atom stereocenters. The number of hydrogen-bond acceptors (Lipinski definition) is 5. The van der Waals surface area contributed by atoms with Crippen molar-refractivity contribution in [2.24, 2.45) is 0 Å². The van der Waals surface area contributed by atoms with Gasteiger partial charge in [-0.05, 0) is 24.3 Å². The van der Waals surface area contributed by atoms with Crippen LogP contribution in [0.1, 0.15) is 20.7 Å². The first-order chi connectivity index (χ1) is 11.6. The number of ether oxygens (including phenoxy) is 2. The summed E-state index contributed by atoms with van der Waals surface area (Å²) in [7, 11) is 1.48. The second kappa shape index (κ2) is 6.41. The summed E-state index contributed by atoms with van der Waals surface area (Å²) in [6.07, 6.45) is -0.795. The van der Waals surface area contributed by atoms with E-state index < -0.39 is 24.6 Å². The molecule has 0 saturated carbocycles. The van der Waals surface area contributed by atoms with Crippen LogP contribution in [0.3, 0.4) is 0 Å². The van der Waals surface area contributed by atoms with Crippen LogP contribution in [0.15, 0.2) is 48.5 Å². The van der Waals surface area contributed by atoms with Crippen molar-refractivity contribution in [2.45, 2.75) is 0 Å². The fraction of sp³-hybridized carbons (Fsp3) is 0.118. The molecule has 2 aromatic rings. The van der Waals surface area contributed by atoms with Crippen molar-refractivity contribution < 1.29 is 23.9 Å². The van der Waals surface area contributed by atoms with Gasteiger partial charge in [0.2, 0.25) is 0 Å². The number of nitrogens with zero attached hydrogens (tertiary/aromatic N) is 1. The van der Waals surface area contributed by atoms with Crippen LogP contribution in [-0.4, -0.2) is 36.6 Å². The van der Waals surface area contributed by atoms with E-state index in [2.05, 4.69) is 5.32 Å². The first kappa shape index (κ1) is 15.5. The van der Waals surface area contributed by atoms with Gasteiger partial charge in [0, 0.05) is 0 Å². The predicted molar refractivity (Wildman–Crippen MR) is 84.9 cm³/mol. The van der Waals surface area contributed by atoms with Gasteiger partial charge in [-0.3, -0.25) is 14.9 Å². The van der Waals surface area contributed by atoms with Gasteiger partial charge in [0.25, 0.3) is 11.8 Å². The SMILES string of the molecule is COc1ccccc1NC(=O)OCN1C(=O)c2ccccc2C1=O. The third-order valence-corrected chi connectivity index (χ3v) is 3.55. The Morgan fingerprint density at radius 1 is 1.00 bits per heavy atom. The maximum atomic E-state index is 12.2. The number of anilines is 1. The lowest BCUT2D eigenvalue weighted by Gasteiger charge is -2.15. The number of nitrogens with one attached hydrogen (secondary N) is 1. The highest BCUT2D eigenvalue weighted by atomic mass is 16.6. The summed E-state index contributed by atoms with van der Waals surface area (Å²) in [5.41, 5.74) is 1.03. The van der Waals surface area contributed by atoms with Gasteiger partial charge in [0.05, 0.1) is 23.9 Å². The van der Waals surface area contributed by atoms with E-state index in [0.29, 0.717) is 22.6 Å². The lowest BCUT2D eigenvalue weighted by molar-refractivity contribution is 0.0449. The van der Waals surface area contributed by atoms with Gasteiger partial charge in [-0.2, -0.15) is 0 Å². The maximum absolute atomic E-state index is 12.2. The summed E-state index contributed by atoms with van der Waals surface area (Å²) in [6, 6.07) is 13.3. The number of amides is 3. The van der Waals surface area contributed by atoms with Crippen LogP contribution in [0.2, 0.25) is 0 Å². The Labute approximate surface area is 137 Å². The summed E-state index contributed by atoms with van der Waals surface area (Å²) in [4.78, 5) is 37.1. The average molecular weight is 326 g/mol. The Morgan fingerprint density at radius 3 is 2.21 bits per heavy atom. The molecule has 3 amide bonds. The lowest BCUT2D eigenvalue weighted by Crippen LogP contribution is -2.34. The minimum Gasteiger partial charge on any atom is -0.495 e. The number of fused-ring (bicyclic) bond motifs is 1. The Balaban J connectivity index is 1.63. The smallest absolute Gasteiger partial charge is 0.413 e. The molecule has 0 atom stereocenters. The fourth-order valence-electron chi connectivity index (χ4n) is 2.37. The zero-order chi connectivity index (χ0) is 17.1. The normalized spacial score (nSPS) is 12.8. The summed E-state index contributed by atoms with van der Waals surface area (Å²) in [5, 5.41) is 2.50. The number of hydrogen-bond donors (Lipinski definition) is 1. The molecule has 3 rings (SSSR count). The van der Waals surface area contributed by atoms with Crippen LogP contribution < -0.4 is 10.1 Å². The van der Waals surface area contributed by atoms with E-state index in [-0.39, 0.29) is 0 Å². The van der Waals surface area contributed by atoms with E-state index in [0.717, 1.165) is 4.90 Å². The van der Waals surface area contributed by atoms with Crippen molar-refractivity contribution in [3.8, 4) is 5.75 Å². The Hall–Kier alpha value is -3.35. The van der Waals surface area contributed by atoms with Crippen LogP contribution in [-0.2, 0) is 4.74 Å². The molecule has 122 valence electrons. The molecule has 0 bridgehead atoms. The highest BCUT2D eigenvalue weighted by Crippen LogP contribution is 2.24. The quantitative estimate of drug-likeness (QED) is 0.873. The minimum absolute atomic E-state index is 0.302. The van der Waals surface area contributed by atoms with E-state index in [4.69, 9.17) is 9.47 Å². The molecule has 0 saturated heterocycles. The third-order valence-electron chi connectivity index (χ3n) is 3.55. The number of methoxy groups -OCH3 is 1. The largest absolute Gasteiger partial charge is 0.495 e. The monoisotopic (exact) mass is 326 g/mol. The van der Waals surface area contributed by atoms with Gasteiger partial charge in [0.15, 0.2) is 6.73 Å². The zero-order valence-corrected chi connectivity index (χ0v) is 12.8. The van der Waals surface area contributed by atoms with Gasteiger partial charge in [-0.1, -0.05) is 24.3 Å². The molecule has 1 heterocycles. The van der Waals surface area contributed by atoms with Crippen molar-refractivity contribution in [2.75, 3.05) is 19.2 Å². The minimum atomic E-state index is -0.795. The van der Waals surface area contributed by atoms with Gasteiger partial charge < -0.3 is 9.47 Å². The van der Waals surface area contributed by atoms with Crippen molar-refractivity contribution in [1.29, 1.82) is 0 Å².